The average Bonchev–Trinajstić information content (AvgIpc) is 2.42. The Morgan fingerprint density at radius 1 is 1.33 bits per heavy atom. The minimum atomic E-state index is -0.205. The van der Waals surface area contributed by atoms with Crippen LogP contribution in [0.3, 0.4) is 0 Å². The minimum absolute atomic E-state index is 0.205. The highest BCUT2D eigenvalue weighted by Crippen LogP contribution is 2.22. The van der Waals surface area contributed by atoms with E-state index in [2.05, 4.69) is 9.72 Å². The van der Waals surface area contributed by atoms with Gasteiger partial charge in [0, 0.05) is 18.7 Å². The number of ether oxygens (including phenoxy) is 2. The third-order valence-electron chi connectivity index (χ3n) is 2.67. The van der Waals surface area contributed by atoms with Gasteiger partial charge in [-0.25, -0.2) is 4.98 Å². The van der Waals surface area contributed by atoms with Crippen molar-refractivity contribution in [3.05, 3.63) is 47.9 Å². The van der Waals surface area contributed by atoms with Crippen LogP contribution < -0.4 is 4.74 Å². The fourth-order valence-electron chi connectivity index (χ4n) is 1.69. The van der Waals surface area contributed by atoms with Crippen molar-refractivity contribution in [1.82, 2.24) is 4.98 Å². The number of nitrogens with zero attached hydrogens (tertiary/aromatic N) is 1. The smallest absolute Gasteiger partial charge is 0.309 e. The molecule has 1 aliphatic carbocycles. The topological polar surface area (TPSA) is 48.4 Å². The van der Waals surface area contributed by atoms with Gasteiger partial charge in [-0.1, -0.05) is 17.7 Å². The van der Waals surface area contributed by atoms with Crippen LogP contribution in [0.5, 0.6) is 5.88 Å². The zero-order valence-electron chi connectivity index (χ0n) is 10.3. The predicted octanol–water partition coefficient (Wildman–Crippen LogP) is 2.63. The van der Waals surface area contributed by atoms with Crippen molar-refractivity contribution in [2.24, 2.45) is 0 Å². The number of hydrogen-bond donors (Lipinski definition) is 0. The molecule has 1 aromatic heterocycles. The van der Waals surface area contributed by atoms with E-state index in [1.807, 2.05) is 30.4 Å². The molecule has 0 aromatic carbocycles. The molecule has 94 valence electrons. The van der Waals surface area contributed by atoms with E-state index in [9.17, 15) is 4.79 Å². The Kier molecular flexibility index (Phi) is 4.12. The Hall–Kier alpha value is -2.10. The summed E-state index contributed by atoms with van der Waals surface area (Å²) in [6.45, 7) is 0. The number of carbonyl (C=O) groups excluding carboxylic acids is 1. The third kappa shape index (κ3) is 3.45. The lowest BCUT2D eigenvalue weighted by Crippen LogP contribution is -2.06. The summed E-state index contributed by atoms with van der Waals surface area (Å²) in [7, 11) is 1.40. The van der Waals surface area contributed by atoms with Gasteiger partial charge in [-0.3, -0.25) is 4.79 Å². The summed E-state index contributed by atoms with van der Waals surface area (Å²) in [4.78, 5) is 15.2. The standard InChI is InChI=1S/C14H15NO3/c1-17-14(16)10-11-5-7-12(8-6-11)18-13-4-2-3-9-15-13/h2-5,7,9H,6,8,10H2,1H3. The monoisotopic (exact) mass is 245 g/mol. The van der Waals surface area contributed by atoms with Crippen molar-refractivity contribution in [2.45, 2.75) is 19.3 Å². The third-order valence-corrected chi connectivity index (χ3v) is 2.67. The summed E-state index contributed by atoms with van der Waals surface area (Å²) in [5.74, 6) is 1.25. The number of hydrogen-bond acceptors (Lipinski definition) is 4. The van der Waals surface area contributed by atoms with Crippen molar-refractivity contribution in [3.8, 4) is 5.88 Å². The molecular weight excluding hydrogens is 230 g/mol. The fraction of sp³-hybridized carbons (Fsp3) is 0.286. The first-order valence-electron chi connectivity index (χ1n) is 5.82. The van der Waals surface area contributed by atoms with Gasteiger partial charge in [0.2, 0.25) is 5.88 Å². The molecule has 0 aliphatic heterocycles. The van der Waals surface area contributed by atoms with Gasteiger partial charge in [-0.15, -0.1) is 0 Å². The molecule has 1 heterocycles. The van der Waals surface area contributed by atoms with Gasteiger partial charge in [0.25, 0.3) is 0 Å². The second-order valence-corrected chi connectivity index (χ2v) is 3.98. The van der Waals surface area contributed by atoms with E-state index < -0.39 is 0 Å². The van der Waals surface area contributed by atoms with Crippen LogP contribution in [-0.2, 0) is 9.53 Å². The lowest BCUT2D eigenvalue weighted by atomic mass is 10.0. The number of aromatic nitrogens is 1. The van der Waals surface area contributed by atoms with Crippen molar-refractivity contribution in [1.29, 1.82) is 0 Å². The summed E-state index contributed by atoms with van der Waals surface area (Å²) in [5.41, 5.74) is 1.07. The molecule has 2 rings (SSSR count). The van der Waals surface area contributed by atoms with Gasteiger partial charge in [0.1, 0.15) is 5.76 Å². The van der Waals surface area contributed by atoms with E-state index in [1.165, 1.54) is 7.11 Å². The Morgan fingerprint density at radius 2 is 2.22 bits per heavy atom. The van der Waals surface area contributed by atoms with Crippen LogP contribution in [-0.4, -0.2) is 18.1 Å². The van der Waals surface area contributed by atoms with Crippen LogP contribution in [0.4, 0.5) is 0 Å². The van der Waals surface area contributed by atoms with Crippen LogP contribution in [0.2, 0.25) is 0 Å². The summed E-state index contributed by atoms with van der Waals surface area (Å²) in [6, 6.07) is 5.54. The molecule has 0 saturated heterocycles. The summed E-state index contributed by atoms with van der Waals surface area (Å²) >= 11 is 0. The molecule has 0 N–H and O–H groups in total. The van der Waals surface area contributed by atoms with Crippen molar-refractivity contribution < 1.29 is 14.3 Å². The lowest BCUT2D eigenvalue weighted by Gasteiger charge is -2.14. The second kappa shape index (κ2) is 6.00. The van der Waals surface area contributed by atoms with E-state index in [-0.39, 0.29) is 5.97 Å². The average molecular weight is 245 g/mol. The van der Waals surface area contributed by atoms with Crippen LogP contribution in [0, 0.1) is 0 Å². The van der Waals surface area contributed by atoms with E-state index in [0.29, 0.717) is 12.3 Å². The first kappa shape index (κ1) is 12.4. The van der Waals surface area contributed by atoms with Crippen molar-refractivity contribution in [2.75, 3.05) is 7.11 Å². The molecule has 4 nitrogen and oxygen atoms in total. The Bertz CT molecular complexity index is 477. The summed E-state index contributed by atoms with van der Waals surface area (Å²) < 4.78 is 10.3. The highest BCUT2D eigenvalue weighted by Gasteiger charge is 2.11. The molecule has 0 saturated carbocycles. The first-order chi connectivity index (χ1) is 8.78. The van der Waals surface area contributed by atoms with Crippen molar-refractivity contribution >= 4 is 5.97 Å². The highest BCUT2D eigenvalue weighted by molar-refractivity contribution is 5.72. The summed E-state index contributed by atoms with van der Waals surface area (Å²) in [6.07, 6.45) is 7.43. The molecule has 0 atom stereocenters. The van der Waals surface area contributed by atoms with Gasteiger partial charge in [0.05, 0.1) is 13.5 Å². The fourth-order valence-corrected chi connectivity index (χ4v) is 1.69. The molecule has 0 bridgehead atoms. The second-order valence-electron chi connectivity index (χ2n) is 3.98. The maximum atomic E-state index is 11.1. The van der Waals surface area contributed by atoms with Crippen LogP contribution in [0.15, 0.2) is 47.9 Å². The number of carbonyl (C=O) groups is 1. The quantitative estimate of drug-likeness (QED) is 0.765. The Balaban J connectivity index is 1.95. The Labute approximate surface area is 106 Å². The zero-order chi connectivity index (χ0) is 12.8. The van der Waals surface area contributed by atoms with Crippen molar-refractivity contribution in [3.63, 3.8) is 0 Å². The van der Waals surface area contributed by atoms with Gasteiger partial charge in [-0.2, -0.15) is 0 Å². The zero-order valence-corrected chi connectivity index (χ0v) is 10.3. The maximum absolute atomic E-state index is 11.1. The molecule has 1 aromatic rings. The Morgan fingerprint density at radius 3 is 2.83 bits per heavy atom. The molecule has 1 aliphatic rings. The SMILES string of the molecule is COC(=O)CC1=CC=C(Oc2ccccn2)CC1. The number of allylic oxidation sites excluding steroid dienone is 3. The van der Waals surface area contributed by atoms with Crippen LogP contribution >= 0.6 is 0 Å². The first-order valence-corrected chi connectivity index (χ1v) is 5.82. The number of esters is 1. The van der Waals surface area contributed by atoms with Crippen LogP contribution in [0.25, 0.3) is 0 Å². The maximum Gasteiger partial charge on any atom is 0.309 e. The molecule has 0 amide bonds. The molecule has 0 fully saturated rings. The predicted molar refractivity (Wildman–Crippen MR) is 66.9 cm³/mol. The summed E-state index contributed by atoms with van der Waals surface area (Å²) in [5, 5.41) is 0. The number of methoxy groups -OCH3 is 1. The van der Waals surface area contributed by atoms with E-state index >= 15 is 0 Å². The molecule has 0 radical (unpaired) electrons. The van der Waals surface area contributed by atoms with E-state index in [4.69, 9.17) is 4.74 Å². The van der Waals surface area contributed by atoms with Crippen LogP contribution in [0.1, 0.15) is 19.3 Å². The molecule has 4 heteroatoms. The van der Waals surface area contributed by atoms with E-state index in [0.717, 1.165) is 24.2 Å². The minimum Gasteiger partial charge on any atom is -0.469 e. The van der Waals surface area contributed by atoms with Gasteiger partial charge >= 0.3 is 5.97 Å². The van der Waals surface area contributed by atoms with Gasteiger partial charge < -0.3 is 9.47 Å². The van der Waals surface area contributed by atoms with Gasteiger partial charge in [-0.05, 0) is 18.6 Å². The highest BCUT2D eigenvalue weighted by atomic mass is 16.5. The van der Waals surface area contributed by atoms with Gasteiger partial charge in [0.15, 0.2) is 0 Å². The largest absolute Gasteiger partial charge is 0.469 e. The normalized spacial score (nSPS) is 14.5. The molecule has 0 unspecified atom stereocenters. The number of pyridine rings is 1. The molecule has 0 spiro atoms. The molecule has 18 heavy (non-hydrogen) atoms. The lowest BCUT2D eigenvalue weighted by molar-refractivity contribution is -0.139. The number of rotatable bonds is 4. The van der Waals surface area contributed by atoms with E-state index in [1.54, 1.807) is 6.20 Å². The molecular formula is C14H15NO3.